The van der Waals surface area contributed by atoms with Gasteiger partial charge in [0.05, 0.1) is 13.2 Å². The lowest BCUT2D eigenvalue weighted by Gasteiger charge is -2.09. The molecule has 0 amide bonds. The Bertz CT molecular complexity index is 71.3. The Morgan fingerprint density at radius 1 is 1.20 bits per heavy atom. The average molecular weight is 190 g/mol. The fourth-order valence-corrected chi connectivity index (χ4v) is 1.55. The zero-order chi connectivity index (χ0) is 7.33. The molecule has 5 heteroatoms. The molecule has 0 saturated heterocycles. The molecule has 0 aliphatic heterocycles. The SMILES string of the molecule is CCO[P+](C)(O)OCC.Cl. The lowest BCUT2D eigenvalue weighted by atomic mass is 10.9. The summed E-state index contributed by atoms with van der Waals surface area (Å²) in [6.07, 6.45) is 0. The standard InChI is InChI=1S/C5H14O3P.ClH/c1-4-7-9(3,6)8-5-2;/h6H,4-5H2,1-3H3;1H/q+1;. The number of halogens is 1. The zero-order valence-corrected chi connectivity index (χ0v) is 8.24. The molecule has 0 rings (SSSR count). The second-order valence-corrected chi connectivity index (χ2v) is 3.76. The highest BCUT2D eigenvalue weighted by Crippen LogP contribution is 2.52. The number of hydrogen-bond acceptors (Lipinski definition) is 3. The Hall–Kier alpha value is 0.600. The van der Waals surface area contributed by atoms with E-state index in [0.29, 0.717) is 13.2 Å². The Morgan fingerprint density at radius 3 is 1.70 bits per heavy atom. The first-order chi connectivity index (χ1) is 4.12. The van der Waals surface area contributed by atoms with Crippen molar-refractivity contribution in [1.82, 2.24) is 0 Å². The van der Waals surface area contributed by atoms with Crippen LogP contribution in [0.15, 0.2) is 0 Å². The van der Waals surface area contributed by atoms with Gasteiger partial charge in [0.15, 0.2) is 0 Å². The highest BCUT2D eigenvalue weighted by Gasteiger charge is 2.31. The van der Waals surface area contributed by atoms with Crippen molar-refractivity contribution in [3.63, 3.8) is 0 Å². The summed E-state index contributed by atoms with van der Waals surface area (Å²) < 4.78 is 9.83. The van der Waals surface area contributed by atoms with E-state index in [4.69, 9.17) is 9.05 Å². The summed E-state index contributed by atoms with van der Waals surface area (Å²) in [6, 6.07) is 0. The van der Waals surface area contributed by atoms with Crippen molar-refractivity contribution in [1.29, 1.82) is 0 Å². The van der Waals surface area contributed by atoms with E-state index in [9.17, 15) is 4.89 Å². The maximum Gasteiger partial charge on any atom is 0.405 e. The summed E-state index contributed by atoms with van der Waals surface area (Å²) >= 11 is 0. The molecule has 0 saturated carbocycles. The maximum atomic E-state index is 9.18. The van der Waals surface area contributed by atoms with E-state index in [1.54, 1.807) is 6.66 Å². The van der Waals surface area contributed by atoms with Gasteiger partial charge in [-0.3, -0.25) is 0 Å². The first-order valence-corrected chi connectivity index (χ1v) is 5.03. The van der Waals surface area contributed by atoms with Gasteiger partial charge in [-0.1, -0.05) is 0 Å². The lowest BCUT2D eigenvalue weighted by Crippen LogP contribution is -1.99. The van der Waals surface area contributed by atoms with Crippen molar-refractivity contribution in [2.45, 2.75) is 13.8 Å². The third-order valence-corrected chi connectivity index (χ3v) is 2.21. The molecule has 0 heterocycles. The van der Waals surface area contributed by atoms with Crippen molar-refractivity contribution in [2.75, 3.05) is 19.9 Å². The fraction of sp³-hybridized carbons (Fsp3) is 1.00. The molecule has 10 heavy (non-hydrogen) atoms. The smallest absolute Gasteiger partial charge is 0.193 e. The maximum absolute atomic E-state index is 9.18. The van der Waals surface area contributed by atoms with Gasteiger partial charge >= 0.3 is 7.94 Å². The molecule has 0 unspecified atom stereocenters. The van der Waals surface area contributed by atoms with Crippen molar-refractivity contribution < 1.29 is 13.9 Å². The Kier molecular flexibility index (Phi) is 8.35. The third-order valence-electron chi connectivity index (χ3n) is 0.737. The van der Waals surface area contributed by atoms with Gasteiger partial charge in [-0.05, 0) is 13.8 Å². The van der Waals surface area contributed by atoms with Gasteiger partial charge in [-0.2, -0.15) is 13.9 Å². The monoisotopic (exact) mass is 189 g/mol. The normalized spacial score (nSPS) is 10.8. The third kappa shape index (κ3) is 6.72. The fourth-order valence-electron chi connectivity index (χ4n) is 0.516. The number of hydrogen-bond donors (Lipinski definition) is 1. The molecule has 0 fully saturated rings. The first kappa shape index (κ1) is 13.2. The molecule has 0 spiro atoms. The molecule has 0 aliphatic rings. The van der Waals surface area contributed by atoms with Crippen molar-refractivity contribution >= 4 is 20.4 Å². The molecule has 0 bridgehead atoms. The van der Waals surface area contributed by atoms with Gasteiger partial charge in [0.1, 0.15) is 6.66 Å². The highest BCUT2D eigenvalue weighted by molar-refractivity contribution is 7.59. The van der Waals surface area contributed by atoms with E-state index in [-0.39, 0.29) is 12.4 Å². The molecular weight excluding hydrogens is 174 g/mol. The molecule has 0 radical (unpaired) electrons. The van der Waals surface area contributed by atoms with Crippen LogP contribution < -0.4 is 0 Å². The van der Waals surface area contributed by atoms with Crippen LogP contribution in [0.2, 0.25) is 0 Å². The summed E-state index contributed by atoms with van der Waals surface area (Å²) in [5.41, 5.74) is 0. The first-order valence-electron chi connectivity index (χ1n) is 3.00. The quantitative estimate of drug-likeness (QED) is 0.687. The van der Waals surface area contributed by atoms with Gasteiger partial charge in [-0.15, -0.1) is 12.4 Å². The summed E-state index contributed by atoms with van der Waals surface area (Å²) in [5.74, 6) is 0. The second kappa shape index (κ2) is 6.32. The molecule has 1 N–H and O–H groups in total. The van der Waals surface area contributed by atoms with Crippen LogP contribution in [0, 0.1) is 0 Å². The molecule has 0 aromatic rings. The van der Waals surface area contributed by atoms with Crippen LogP contribution in [0.4, 0.5) is 0 Å². The van der Waals surface area contributed by atoms with Crippen LogP contribution in [-0.4, -0.2) is 24.8 Å². The topological polar surface area (TPSA) is 38.7 Å². The van der Waals surface area contributed by atoms with Crippen LogP contribution in [0.5, 0.6) is 0 Å². The van der Waals surface area contributed by atoms with E-state index in [2.05, 4.69) is 0 Å². The highest BCUT2D eigenvalue weighted by atomic mass is 35.5. The predicted molar refractivity (Wildman–Crippen MR) is 45.6 cm³/mol. The van der Waals surface area contributed by atoms with Crippen LogP contribution in [-0.2, 0) is 9.05 Å². The van der Waals surface area contributed by atoms with Crippen molar-refractivity contribution in [3.8, 4) is 0 Å². The Labute approximate surface area is 68.7 Å². The molecule has 3 nitrogen and oxygen atoms in total. The minimum absolute atomic E-state index is 0. The Balaban J connectivity index is 0. The average Bonchev–Trinajstić information content (AvgIpc) is 1.64. The second-order valence-electron chi connectivity index (χ2n) is 1.64. The van der Waals surface area contributed by atoms with E-state index in [1.807, 2.05) is 13.8 Å². The molecular formula is C5H15ClO3P+. The van der Waals surface area contributed by atoms with Crippen molar-refractivity contribution in [3.05, 3.63) is 0 Å². The van der Waals surface area contributed by atoms with Gasteiger partial charge in [-0.25, -0.2) is 0 Å². The summed E-state index contributed by atoms with van der Waals surface area (Å²) in [6.45, 7) is 6.24. The Morgan fingerprint density at radius 2 is 1.50 bits per heavy atom. The van der Waals surface area contributed by atoms with Gasteiger partial charge in [0.2, 0.25) is 0 Å². The van der Waals surface area contributed by atoms with E-state index in [0.717, 1.165) is 0 Å². The molecule has 0 atom stereocenters. The van der Waals surface area contributed by atoms with Gasteiger partial charge < -0.3 is 0 Å². The van der Waals surface area contributed by atoms with Crippen LogP contribution >= 0.6 is 20.4 Å². The van der Waals surface area contributed by atoms with Crippen LogP contribution in [0.1, 0.15) is 13.8 Å². The minimum atomic E-state index is -2.44. The summed E-state index contributed by atoms with van der Waals surface area (Å²) in [5, 5.41) is 0. The van der Waals surface area contributed by atoms with Gasteiger partial charge in [0, 0.05) is 0 Å². The summed E-state index contributed by atoms with van der Waals surface area (Å²) in [4.78, 5) is 9.18. The minimum Gasteiger partial charge on any atom is -0.193 e. The van der Waals surface area contributed by atoms with E-state index >= 15 is 0 Å². The van der Waals surface area contributed by atoms with Crippen molar-refractivity contribution in [2.24, 2.45) is 0 Å². The number of rotatable bonds is 4. The van der Waals surface area contributed by atoms with Gasteiger partial charge in [0.25, 0.3) is 0 Å². The predicted octanol–water partition coefficient (Wildman–Crippen LogP) is 1.87. The summed E-state index contributed by atoms with van der Waals surface area (Å²) in [7, 11) is -2.44. The van der Waals surface area contributed by atoms with E-state index in [1.165, 1.54) is 0 Å². The van der Waals surface area contributed by atoms with E-state index < -0.39 is 7.94 Å². The largest absolute Gasteiger partial charge is 0.405 e. The molecule has 0 aromatic carbocycles. The molecule has 0 aromatic heterocycles. The van der Waals surface area contributed by atoms with Crippen LogP contribution in [0.3, 0.4) is 0 Å². The molecule has 0 aliphatic carbocycles. The van der Waals surface area contributed by atoms with Crippen LogP contribution in [0.25, 0.3) is 0 Å². The lowest BCUT2D eigenvalue weighted by molar-refractivity contribution is 0.195. The molecule has 64 valence electrons. The zero-order valence-electron chi connectivity index (χ0n) is 6.53.